The molecule has 1 unspecified atom stereocenters. The van der Waals surface area contributed by atoms with Gasteiger partial charge in [0.1, 0.15) is 0 Å². The van der Waals surface area contributed by atoms with Crippen LogP contribution in [0, 0.1) is 6.92 Å². The van der Waals surface area contributed by atoms with Crippen LogP contribution in [0.2, 0.25) is 0 Å². The van der Waals surface area contributed by atoms with E-state index in [4.69, 9.17) is 4.74 Å². The first-order chi connectivity index (χ1) is 10.2. The summed E-state index contributed by atoms with van der Waals surface area (Å²) in [6.45, 7) is 6.87. The van der Waals surface area contributed by atoms with Gasteiger partial charge in [0.25, 0.3) is 0 Å². The summed E-state index contributed by atoms with van der Waals surface area (Å²) < 4.78 is 5.60. The van der Waals surface area contributed by atoms with Crippen molar-refractivity contribution in [3.8, 4) is 0 Å². The maximum absolute atomic E-state index is 5.60. The van der Waals surface area contributed by atoms with Crippen LogP contribution in [0.4, 0.5) is 0 Å². The van der Waals surface area contributed by atoms with Crippen molar-refractivity contribution in [3.05, 3.63) is 15.6 Å². The standard InChI is InChI=1S/C15H26N4OS/c1-4-13-11(2)21-14(19-13)7-8-17-15(16-3)18-10-12-6-5-9-20-12/h12H,4-10H2,1-3H3,(H2,16,17,18). The Morgan fingerprint density at radius 2 is 2.33 bits per heavy atom. The predicted octanol–water partition coefficient (Wildman–Crippen LogP) is 1.90. The zero-order valence-electron chi connectivity index (χ0n) is 13.2. The second-order valence-electron chi connectivity index (χ2n) is 5.23. The molecule has 0 saturated carbocycles. The minimum absolute atomic E-state index is 0.331. The summed E-state index contributed by atoms with van der Waals surface area (Å²) >= 11 is 1.80. The van der Waals surface area contributed by atoms with Crippen LogP contribution in [0.1, 0.15) is 35.3 Å². The van der Waals surface area contributed by atoms with Crippen molar-refractivity contribution in [2.75, 3.05) is 26.7 Å². The Labute approximate surface area is 131 Å². The molecule has 0 aromatic carbocycles. The van der Waals surface area contributed by atoms with Crippen LogP contribution in [-0.4, -0.2) is 43.8 Å². The SMILES string of the molecule is CCc1nc(CCNC(=NC)NCC2CCCO2)sc1C. The van der Waals surface area contributed by atoms with Crippen LogP contribution in [0.3, 0.4) is 0 Å². The van der Waals surface area contributed by atoms with E-state index in [2.05, 4.69) is 34.5 Å². The average molecular weight is 310 g/mol. The average Bonchev–Trinajstić information content (AvgIpc) is 3.12. The Hall–Kier alpha value is -1.14. The molecular formula is C15H26N4OS. The van der Waals surface area contributed by atoms with Gasteiger partial charge in [-0.25, -0.2) is 4.98 Å². The summed E-state index contributed by atoms with van der Waals surface area (Å²) in [6, 6.07) is 0. The Morgan fingerprint density at radius 1 is 1.48 bits per heavy atom. The van der Waals surface area contributed by atoms with E-state index in [9.17, 15) is 0 Å². The van der Waals surface area contributed by atoms with E-state index >= 15 is 0 Å². The number of hydrogen-bond acceptors (Lipinski definition) is 4. The van der Waals surface area contributed by atoms with E-state index in [1.165, 1.54) is 22.0 Å². The summed E-state index contributed by atoms with van der Waals surface area (Å²) in [5, 5.41) is 7.86. The summed E-state index contributed by atoms with van der Waals surface area (Å²) in [5.41, 5.74) is 1.23. The van der Waals surface area contributed by atoms with Gasteiger partial charge in [0.2, 0.25) is 0 Å². The van der Waals surface area contributed by atoms with Crippen LogP contribution in [0.15, 0.2) is 4.99 Å². The molecule has 1 aliphatic heterocycles. The highest BCUT2D eigenvalue weighted by Gasteiger charge is 2.15. The van der Waals surface area contributed by atoms with Crippen LogP contribution >= 0.6 is 11.3 Å². The van der Waals surface area contributed by atoms with Gasteiger partial charge in [0, 0.05) is 38.0 Å². The van der Waals surface area contributed by atoms with Crippen molar-refractivity contribution in [1.82, 2.24) is 15.6 Å². The van der Waals surface area contributed by atoms with Crippen LogP contribution < -0.4 is 10.6 Å². The van der Waals surface area contributed by atoms with Gasteiger partial charge in [-0.1, -0.05) is 6.92 Å². The lowest BCUT2D eigenvalue weighted by molar-refractivity contribution is 0.114. The van der Waals surface area contributed by atoms with Gasteiger partial charge in [-0.3, -0.25) is 4.99 Å². The number of guanidine groups is 1. The van der Waals surface area contributed by atoms with Crippen molar-refractivity contribution >= 4 is 17.3 Å². The third kappa shape index (κ3) is 4.97. The van der Waals surface area contributed by atoms with E-state index in [1.807, 2.05) is 0 Å². The second-order valence-corrected chi connectivity index (χ2v) is 6.52. The second kappa shape index (κ2) is 8.34. The molecule has 2 N–H and O–H groups in total. The molecule has 5 nitrogen and oxygen atoms in total. The van der Waals surface area contributed by atoms with Crippen molar-refractivity contribution in [3.63, 3.8) is 0 Å². The highest BCUT2D eigenvalue weighted by Crippen LogP contribution is 2.17. The van der Waals surface area contributed by atoms with Gasteiger partial charge in [0.05, 0.1) is 16.8 Å². The molecular weight excluding hydrogens is 284 g/mol. The number of thiazole rings is 1. The summed E-state index contributed by atoms with van der Waals surface area (Å²) in [7, 11) is 1.80. The molecule has 0 aliphatic carbocycles. The maximum atomic E-state index is 5.60. The lowest BCUT2D eigenvalue weighted by Gasteiger charge is -2.14. The minimum Gasteiger partial charge on any atom is -0.376 e. The number of aliphatic imine (C=N–C) groups is 1. The molecule has 0 radical (unpaired) electrons. The number of rotatable bonds is 6. The molecule has 1 aliphatic rings. The summed E-state index contributed by atoms with van der Waals surface area (Å²) in [5.74, 6) is 0.842. The van der Waals surface area contributed by atoms with Crippen LogP contribution in [0.25, 0.3) is 0 Å². The van der Waals surface area contributed by atoms with E-state index in [-0.39, 0.29) is 0 Å². The first kappa shape index (κ1) is 16.2. The lowest BCUT2D eigenvalue weighted by atomic mass is 10.2. The molecule has 0 amide bonds. The zero-order valence-corrected chi connectivity index (χ0v) is 14.1. The van der Waals surface area contributed by atoms with Gasteiger partial charge in [-0.2, -0.15) is 0 Å². The molecule has 21 heavy (non-hydrogen) atoms. The summed E-state index contributed by atoms with van der Waals surface area (Å²) in [6.07, 6.45) is 4.59. The fourth-order valence-corrected chi connectivity index (χ4v) is 3.47. The molecule has 0 bridgehead atoms. The Morgan fingerprint density at radius 3 is 2.95 bits per heavy atom. The van der Waals surface area contributed by atoms with Crippen molar-refractivity contribution in [2.24, 2.45) is 4.99 Å². The molecule has 1 atom stereocenters. The first-order valence-corrected chi connectivity index (χ1v) is 8.55. The zero-order chi connectivity index (χ0) is 15.1. The van der Waals surface area contributed by atoms with Gasteiger partial charge >= 0.3 is 0 Å². The third-order valence-corrected chi connectivity index (χ3v) is 4.72. The van der Waals surface area contributed by atoms with Crippen molar-refractivity contribution in [2.45, 2.75) is 45.6 Å². The van der Waals surface area contributed by atoms with Crippen molar-refractivity contribution < 1.29 is 4.74 Å². The smallest absolute Gasteiger partial charge is 0.191 e. The highest BCUT2D eigenvalue weighted by molar-refractivity contribution is 7.11. The van der Waals surface area contributed by atoms with Gasteiger partial charge < -0.3 is 15.4 Å². The molecule has 2 heterocycles. The van der Waals surface area contributed by atoms with E-state index in [1.54, 1.807) is 18.4 Å². The largest absolute Gasteiger partial charge is 0.376 e. The molecule has 1 saturated heterocycles. The number of nitrogens with one attached hydrogen (secondary N) is 2. The van der Waals surface area contributed by atoms with Gasteiger partial charge in [0.15, 0.2) is 5.96 Å². The van der Waals surface area contributed by atoms with E-state index in [0.717, 1.165) is 44.9 Å². The van der Waals surface area contributed by atoms with Crippen LogP contribution in [0.5, 0.6) is 0 Å². The van der Waals surface area contributed by atoms with E-state index < -0.39 is 0 Å². The minimum atomic E-state index is 0.331. The predicted molar refractivity (Wildman–Crippen MR) is 88.3 cm³/mol. The van der Waals surface area contributed by atoms with Gasteiger partial charge in [-0.15, -0.1) is 11.3 Å². The number of ether oxygens (including phenoxy) is 1. The molecule has 1 aromatic heterocycles. The number of aromatic nitrogens is 1. The normalized spacial score (nSPS) is 19.0. The Kier molecular flexibility index (Phi) is 6.45. The molecule has 118 valence electrons. The summed E-state index contributed by atoms with van der Waals surface area (Å²) in [4.78, 5) is 10.2. The third-order valence-electron chi connectivity index (χ3n) is 3.65. The number of hydrogen-bond donors (Lipinski definition) is 2. The van der Waals surface area contributed by atoms with Crippen LogP contribution in [-0.2, 0) is 17.6 Å². The monoisotopic (exact) mass is 310 g/mol. The lowest BCUT2D eigenvalue weighted by Crippen LogP contribution is -2.41. The number of aryl methyl sites for hydroxylation is 2. The molecule has 1 aromatic rings. The molecule has 6 heteroatoms. The first-order valence-electron chi connectivity index (χ1n) is 7.74. The highest BCUT2D eigenvalue weighted by atomic mass is 32.1. The topological polar surface area (TPSA) is 58.5 Å². The van der Waals surface area contributed by atoms with E-state index in [0.29, 0.717) is 6.10 Å². The van der Waals surface area contributed by atoms with Gasteiger partial charge in [-0.05, 0) is 26.2 Å². The Bertz CT molecular complexity index is 466. The van der Waals surface area contributed by atoms with Crippen molar-refractivity contribution in [1.29, 1.82) is 0 Å². The molecule has 1 fully saturated rings. The Balaban J connectivity index is 1.70. The molecule has 0 spiro atoms. The fourth-order valence-electron chi connectivity index (χ4n) is 2.45. The number of nitrogens with zero attached hydrogens (tertiary/aromatic N) is 2. The fraction of sp³-hybridized carbons (Fsp3) is 0.733. The molecule has 2 rings (SSSR count). The maximum Gasteiger partial charge on any atom is 0.191 e. The quantitative estimate of drug-likeness (QED) is 0.622.